The van der Waals surface area contributed by atoms with Gasteiger partial charge >= 0.3 is 5.97 Å². The van der Waals surface area contributed by atoms with E-state index in [4.69, 9.17) is 44.6 Å². The molecule has 0 saturated carbocycles. The molecule has 3 rings (SSSR count). The van der Waals surface area contributed by atoms with E-state index >= 15 is 0 Å². The minimum absolute atomic E-state index is 0.106. The van der Waals surface area contributed by atoms with Crippen LogP contribution in [-0.2, 0) is 0 Å². The lowest BCUT2D eigenvalue weighted by molar-refractivity contribution is 0.0696. The molecule has 27 heavy (non-hydrogen) atoms. The molecular formula is C20H12Cl3FO3. The van der Waals surface area contributed by atoms with Crippen LogP contribution in [-0.4, -0.2) is 11.1 Å². The summed E-state index contributed by atoms with van der Waals surface area (Å²) in [5, 5.41) is 10.3. The number of ether oxygens (including phenoxy) is 1. The van der Waals surface area contributed by atoms with Gasteiger partial charge in [-0.1, -0.05) is 53.0 Å². The van der Waals surface area contributed by atoms with E-state index in [0.717, 1.165) is 6.07 Å². The highest BCUT2D eigenvalue weighted by Gasteiger charge is 2.21. The zero-order valence-electron chi connectivity index (χ0n) is 13.6. The lowest BCUT2D eigenvalue weighted by Gasteiger charge is -2.22. The molecule has 0 heterocycles. The highest BCUT2D eigenvalue weighted by molar-refractivity contribution is 6.35. The summed E-state index contributed by atoms with van der Waals surface area (Å²) in [5.41, 5.74) is 1.09. The minimum atomic E-state index is -1.23. The molecule has 138 valence electrons. The summed E-state index contributed by atoms with van der Waals surface area (Å²) in [7, 11) is 0. The third-order valence-corrected chi connectivity index (χ3v) is 4.66. The van der Waals surface area contributed by atoms with Gasteiger partial charge in [0.15, 0.2) is 17.7 Å². The number of carboxylic acids is 1. The number of hydrogen-bond donors (Lipinski definition) is 1. The molecule has 1 unspecified atom stereocenters. The quantitative estimate of drug-likeness (QED) is 0.497. The summed E-state index contributed by atoms with van der Waals surface area (Å²) in [6, 6.07) is 15.2. The molecule has 3 aromatic carbocycles. The minimum Gasteiger partial charge on any atom is -0.478 e. The second-order valence-corrected chi connectivity index (χ2v) is 6.95. The van der Waals surface area contributed by atoms with Crippen molar-refractivity contribution < 1.29 is 19.0 Å². The molecule has 0 aliphatic carbocycles. The van der Waals surface area contributed by atoms with E-state index in [1.807, 2.05) is 0 Å². The Labute approximate surface area is 169 Å². The Morgan fingerprint density at radius 2 is 1.59 bits per heavy atom. The largest absolute Gasteiger partial charge is 0.478 e. The van der Waals surface area contributed by atoms with Gasteiger partial charge in [0.05, 0.1) is 5.56 Å². The summed E-state index contributed by atoms with van der Waals surface area (Å²) < 4.78 is 20.2. The van der Waals surface area contributed by atoms with E-state index in [0.29, 0.717) is 26.2 Å². The van der Waals surface area contributed by atoms with Gasteiger partial charge < -0.3 is 9.84 Å². The standard InChI is InChI=1S/C20H12Cl3FO3/c21-13-4-1-11(2-5-13)19(15-7-6-14(22)10-16(15)23)27-18-8-3-12(20(25)26)9-17(18)24/h1-10,19H,(H,25,26). The van der Waals surface area contributed by atoms with Crippen molar-refractivity contribution in [3.63, 3.8) is 0 Å². The van der Waals surface area contributed by atoms with Crippen molar-refractivity contribution in [3.8, 4) is 5.75 Å². The normalized spacial score (nSPS) is 11.9. The van der Waals surface area contributed by atoms with Crippen molar-refractivity contribution in [3.05, 3.63) is 98.2 Å². The van der Waals surface area contributed by atoms with Crippen LogP contribution in [0.15, 0.2) is 60.7 Å². The molecule has 1 atom stereocenters. The van der Waals surface area contributed by atoms with Crippen LogP contribution in [0.5, 0.6) is 5.75 Å². The van der Waals surface area contributed by atoms with E-state index in [2.05, 4.69) is 0 Å². The van der Waals surface area contributed by atoms with Gasteiger partial charge in [-0.25, -0.2) is 9.18 Å². The second-order valence-electron chi connectivity index (χ2n) is 5.67. The fourth-order valence-corrected chi connectivity index (χ4v) is 3.15. The molecular weight excluding hydrogens is 414 g/mol. The highest BCUT2D eigenvalue weighted by Crippen LogP contribution is 2.35. The number of aromatic carboxylic acids is 1. The molecule has 0 aromatic heterocycles. The maximum Gasteiger partial charge on any atom is 0.335 e. The fourth-order valence-electron chi connectivity index (χ4n) is 2.52. The number of carbonyl (C=O) groups is 1. The van der Waals surface area contributed by atoms with Crippen molar-refractivity contribution in [1.29, 1.82) is 0 Å². The molecule has 0 aliphatic heterocycles. The Bertz CT molecular complexity index is 990. The Morgan fingerprint density at radius 1 is 0.926 bits per heavy atom. The summed E-state index contributed by atoms with van der Waals surface area (Å²) in [5.74, 6) is -2.12. The lowest BCUT2D eigenvalue weighted by atomic mass is 10.0. The van der Waals surface area contributed by atoms with Gasteiger partial charge in [-0.15, -0.1) is 0 Å². The van der Waals surface area contributed by atoms with Gasteiger partial charge in [-0.3, -0.25) is 0 Å². The van der Waals surface area contributed by atoms with Crippen LogP contribution in [0.2, 0.25) is 15.1 Å². The topological polar surface area (TPSA) is 46.5 Å². The van der Waals surface area contributed by atoms with Crippen LogP contribution < -0.4 is 4.74 Å². The number of rotatable bonds is 5. The fraction of sp³-hybridized carbons (Fsp3) is 0.0500. The predicted molar refractivity (Wildman–Crippen MR) is 104 cm³/mol. The first kappa shape index (κ1) is 19.5. The molecule has 0 radical (unpaired) electrons. The third kappa shape index (κ3) is 4.53. The van der Waals surface area contributed by atoms with E-state index in [9.17, 15) is 9.18 Å². The highest BCUT2D eigenvalue weighted by atomic mass is 35.5. The first-order chi connectivity index (χ1) is 12.8. The molecule has 0 amide bonds. The lowest BCUT2D eigenvalue weighted by Crippen LogP contribution is -2.11. The average molecular weight is 426 g/mol. The van der Waals surface area contributed by atoms with Gasteiger partial charge in [-0.05, 0) is 48.0 Å². The van der Waals surface area contributed by atoms with Crippen LogP contribution in [0, 0.1) is 5.82 Å². The van der Waals surface area contributed by atoms with Gasteiger partial charge in [-0.2, -0.15) is 0 Å². The molecule has 0 saturated heterocycles. The van der Waals surface area contributed by atoms with Crippen LogP contribution in [0.1, 0.15) is 27.6 Å². The van der Waals surface area contributed by atoms with E-state index < -0.39 is 17.9 Å². The third-order valence-electron chi connectivity index (χ3n) is 3.84. The molecule has 1 N–H and O–H groups in total. The average Bonchev–Trinajstić information content (AvgIpc) is 2.62. The van der Waals surface area contributed by atoms with Gasteiger partial charge in [0.25, 0.3) is 0 Å². The maximum absolute atomic E-state index is 14.4. The van der Waals surface area contributed by atoms with Crippen molar-refractivity contribution >= 4 is 40.8 Å². The van der Waals surface area contributed by atoms with Crippen molar-refractivity contribution in [1.82, 2.24) is 0 Å². The Balaban J connectivity index is 2.05. The van der Waals surface area contributed by atoms with E-state index in [1.165, 1.54) is 12.1 Å². The summed E-state index contributed by atoms with van der Waals surface area (Å²) in [6.07, 6.45) is -0.753. The SMILES string of the molecule is O=C(O)c1ccc(OC(c2ccc(Cl)cc2)c2ccc(Cl)cc2Cl)c(F)c1. The number of hydrogen-bond acceptors (Lipinski definition) is 2. The van der Waals surface area contributed by atoms with E-state index in [1.54, 1.807) is 42.5 Å². The van der Waals surface area contributed by atoms with Gasteiger partial charge in [0.1, 0.15) is 0 Å². The monoisotopic (exact) mass is 424 g/mol. The molecule has 3 aromatic rings. The number of halogens is 4. The number of benzene rings is 3. The van der Waals surface area contributed by atoms with Gasteiger partial charge in [0, 0.05) is 20.6 Å². The predicted octanol–water partition coefficient (Wildman–Crippen LogP) is 6.65. The zero-order chi connectivity index (χ0) is 19.6. The van der Waals surface area contributed by atoms with Crippen LogP contribution >= 0.6 is 34.8 Å². The molecule has 0 spiro atoms. The molecule has 0 fully saturated rings. The van der Waals surface area contributed by atoms with E-state index in [-0.39, 0.29) is 11.3 Å². The smallest absolute Gasteiger partial charge is 0.335 e. The van der Waals surface area contributed by atoms with Crippen LogP contribution in [0.4, 0.5) is 4.39 Å². The van der Waals surface area contributed by atoms with Crippen molar-refractivity contribution in [2.45, 2.75) is 6.10 Å². The second kappa shape index (κ2) is 8.17. The molecule has 7 heteroatoms. The Morgan fingerprint density at radius 3 is 2.19 bits per heavy atom. The van der Waals surface area contributed by atoms with Crippen LogP contribution in [0.3, 0.4) is 0 Å². The molecule has 0 aliphatic rings. The van der Waals surface area contributed by atoms with Gasteiger partial charge in [0.2, 0.25) is 0 Å². The maximum atomic E-state index is 14.4. The number of carboxylic acid groups (broad SMARTS) is 1. The summed E-state index contributed by atoms with van der Waals surface area (Å²) in [6.45, 7) is 0. The van der Waals surface area contributed by atoms with Crippen molar-refractivity contribution in [2.75, 3.05) is 0 Å². The molecule has 3 nitrogen and oxygen atoms in total. The first-order valence-corrected chi connectivity index (χ1v) is 8.88. The van der Waals surface area contributed by atoms with Crippen LogP contribution in [0.25, 0.3) is 0 Å². The first-order valence-electron chi connectivity index (χ1n) is 7.75. The van der Waals surface area contributed by atoms with Crippen molar-refractivity contribution in [2.24, 2.45) is 0 Å². The molecule has 0 bridgehead atoms. The Kier molecular flexibility index (Phi) is 5.90. The zero-order valence-corrected chi connectivity index (χ0v) is 15.9. The summed E-state index contributed by atoms with van der Waals surface area (Å²) in [4.78, 5) is 11.0. The summed E-state index contributed by atoms with van der Waals surface area (Å²) >= 11 is 18.2. The Hall–Kier alpha value is -2.27.